The molecule has 0 amide bonds. The Morgan fingerprint density at radius 1 is 1.42 bits per heavy atom. The van der Waals surface area contributed by atoms with Gasteiger partial charge in [0, 0.05) is 5.56 Å². The van der Waals surface area contributed by atoms with Crippen LogP contribution in [-0.2, 0) is 5.21 Å². The van der Waals surface area contributed by atoms with E-state index in [0.29, 0.717) is 11.3 Å². The molecule has 0 saturated carbocycles. The first-order valence-electron chi connectivity index (χ1n) is 3.44. The van der Waals surface area contributed by atoms with Crippen molar-refractivity contribution in [1.82, 2.24) is 5.17 Å². The van der Waals surface area contributed by atoms with Crippen molar-refractivity contribution in [3.8, 4) is 0 Å². The summed E-state index contributed by atoms with van der Waals surface area (Å²) in [4.78, 5) is 0. The maximum atomic E-state index is 10.8. The molecule has 0 spiro atoms. The first kappa shape index (κ1) is 7.20. The van der Waals surface area contributed by atoms with Gasteiger partial charge < -0.3 is 5.11 Å². The summed E-state index contributed by atoms with van der Waals surface area (Å²) in [6.07, 6.45) is -1.22. The van der Waals surface area contributed by atoms with Crippen LogP contribution in [0.1, 0.15) is 11.8 Å². The Morgan fingerprint density at radius 3 is 3.00 bits per heavy atom. The number of nitrogens with zero attached hydrogens (tertiary/aromatic N) is 3. The molecule has 1 radical (unpaired) electrons. The molecule has 2 rings (SSSR count). The number of hydroxylamine groups is 1. The topological polar surface area (TPSA) is 68.1 Å². The fourth-order valence-corrected chi connectivity index (χ4v) is 1.06. The zero-order valence-electron chi connectivity index (χ0n) is 6.08. The van der Waals surface area contributed by atoms with Gasteiger partial charge >= 0.3 is 0 Å². The highest BCUT2D eigenvalue weighted by Gasteiger charge is 2.22. The Morgan fingerprint density at radius 2 is 2.17 bits per heavy atom. The SMILES string of the molecule is [O]N1N=Nc2ccccc2C1O. The lowest BCUT2D eigenvalue weighted by atomic mass is 10.1. The largest absolute Gasteiger partial charge is 0.366 e. The highest BCUT2D eigenvalue weighted by atomic mass is 16.6. The predicted octanol–water partition coefficient (Wildman–Crippen LogP) is 1.34. The van der Waals surface area contributed by atoms with E-state index in [1.54, 1.807) is 24.3 Å². The molecule has 1 aliphatic rings. The summed E-state index contributed by atoms with van der Waals surface area (Å²) in [6, 6.07) is 6.83. The molecule has 5 heteroatoms. The van der Waals surface area contributed by atoms with E-state index >= 15 is 0 Å². The van der Waals surface area contributed by atoms with E-state index in [1.807, 2.05) is 0 Å². The first-order valence-corrected chi connectivity index (χ1v) is 3.44. The summed E-state index contributed by atoms with van der Waals surface area (Å²) >= 11 is 0. The van der Waals surface area contributed by atoms with Crippen molar-refractivity contribution in [2.75, 3.05) is 0 Å². The Kier molecular flexibility index (Phi) is 1.53. The maximum absolute atomic E-state index is 10.8. The normalized spacial score (nSPS) is 20.8. The summed E-state index contributed by atoms with van der Waals surface area (Å²) in [7, 11) is 0. The van der Waals surface area contributed by atoms with Crippen molar-refractivity contribution >= 4 is 5.69 Å². The minimum absolute atomic E-state index is 0.169. The van der Waals surface area contributed by atoms with Crippen LogP contribution in [0.3, 0.4) is 0 Å². The molecule has 1 aromatic carbocycles. The third-order valence-electron chi connectivity index (χ3n) is 1.66. The molecule has 1 N–H and O–H groups in total. The molecular formula is C7H6N3O2. The lowest BCUT2D eigenvalue weighted by molar-refractivity contribution is -0.254. The van der Waals surface area contributed by atoms with E-state index in [1.165, 1.54) is 0 Å². The van der Waals surface area contributed by atoms with Crippen molar-refractivity contribution in [2.24, 2.45) is 10.3 Å². The van der Waals surface area contributed by atoms with Crippen LogP contribution in [0.2, 0.25) is 0 Å². The average molecular weight is 164 g/mol. The number of hydrogen-bond acceptors (Lipinski definition) is 4. The lowest BCUT2D eigenvalue weighted by Gasteiger charge is -2.19. The second kappa shape index (κ2) is 2.54. The van der Waals surface area contributed by atoms with Gasteiger partial charge in [0.15, 0.2) is 0 Å². The van der Waals surface area contributed by atoms with Gasteiger partial charge in [-0.15, -0.1) is 5.11 Å². The summed E-state index contributed by atoms with van der Waals surface area (Å²) in [5, 5.41) is 27.0. The summed E-state index contributed by atoms with van der Waals surface area (Å²) in [6.45, 7) is 0. The van der Waals surface area contributed by atoms with Crippen LogP contribution in [0.4, 0.5) is 5.69 Å². The van der Waals surface area contributed by atoms with Crippen LogP contribution < -0.4 is 0 Å². The van der Waals surface area contributed by atoms with Crippen molar-refractivity contribution in [2.45, 2.75) is 6.23 Å². The van der Waals surface area contributed by atoms with Crippen molar-refractivity contribution in [1.29, 1.82) is 0 Å². The van der Waals surface area contributed by atoms with Crippen LogP contribution in [0.25, 0.3) is 0 Å². The lowest BCUT2D eigenvalue weighted by Crippen LogP contribution is -2.19. The molecule has 0 fully saturated rings. The van der Waals surface area contributed by atoms with E-state index in [2.05, 4.69) is 10.3 Å². The maximum Gasteiger partial charge on any atom is 0.203 e. The van der Waals surface area contributed by atoms with Crippen molar-refractivity contribution in [3.05, 3.63) is 29.8 Å². The number of rotatable bonds is 0. The Labute approximate surface area is 68.5 Å². The van der Waals surface area contributed by atoms with Crippen LogP contribution in [0, 0.1) is 0 Å². The molecule has 1 heterocycles. The third-order valence-corrected chi connectivity index (χ3v) is 1.66. The summed E-state index contributed by atoms with van der Waals surface area (Å²) in [5.74, 6) is 0. The average Bonchev–Trinajstić information content (AvgIpc) is 2.12. The smallest absolute Gasteiger partial charge is 0.203 e. The van der Waals surface area contributed by atoms with Gasteiger partial charge in [0.05, 0.1) is 5.69 Å². The molecule has 1 atom stereocenters. The predicted molar refractivity (Wildman–Crippen MR) is 38.4 cm³/mol. The third kappa shape index (κ3) is 0.956. The highest BCUT2D eigenvalue weighted by molar-refractivity contribution is 5.46. The van der Waals surface area contributed by atoms with E-state index in [4.69, 9.17) is 0 Å². The summed E-state index contributed by atoms with van der Waals surface area (Å²) < 4.78 is 0. The quantitative estimate of drug-likeness (QED) is 0.628. The van der Waals surface area contributed by atoms with Gasteiger partial charge in [-0.1, -0.05) is 28.6 Å². The molecule has 0 saturated heterocycles. The fourth-order valence-electron chi connectivity index (χ4n) is 1.06. The standard InChI is InChI=1S/C7H6N3O2/c11-7-5-3-1-2-4-6(5)8-9-10(7)12/h1-4,7,11H. The minimum atomic E-state index is -1.22. The molecule has 0 bridgehead atoms. The number of fused-ring (bicyclic) bond motifs is 1. The van der Waals surface area contributed by atoms with Crippen LogP contribution in [0.5, 0.6) is 0 Å². The van der Waals surface area contributed by atoms with Crippen molar-refractivity contribution in [3.63, 3.8) is 0 Å². The molecule has 0 aliphatic carbocycles. The van der Waals surface area contributed by atoms with Crippen molar-refractivity contribution < 1.29 is 10.3 Å². The van der Waals surface area contributed by atoms with E-state index in [-0.39, 0.29) is 5.17 Å². The molecule has 1 unspecified atom stereocenters. The second-order valence-electron chi connectivity index (χ2n) is 2.42. The monoisotopic (exact) mass is 164 g/mol. The summed E-state index contributed by atoms with van der Waals surface area (Å²) in [5.41, 5.74) is 1.03. The van der Waals surface area contributed by atoms with Gasteiger partial charge in [0.25, 0.3) is 0 Å². The Hall–Kier alpha value is -1.46. The Bertz CT molecular complexity index is 326. The highest BCUT2D eigenvalue weighted by Crippen LogP contribution is 2.31. The molecule has 5 nitrogen and oxygen atoms in total. The van der Waals surface area contributed by atoms with E-state index < -0.39 is 6.23 Å². The number of aliphatic hydroxyl groups is 1. The van der Waals surface area contributed by atoms with Gasteiger partial charge in [-0.3, -0.25) is 0 Å². The molecule has 1 aromatic rings. The fraction of sp³-hybridized carbons (Fsp3) is 0.143. The second-order valence-corrected chi connectivity index (χ2v) is 2.42. The Balaban J connectivity index is 2.52. The van der Waals surface area contributed by atoms with Crippen LogP contribution >= 0.6 is 0 Å². The first-order chi connectivity index (χ1) is 5.79. The zero-order valence-corrected chi connectivity index (χ0v) is 6.08. The van der Waals surface area contributed by atoms with Gasteiger partial charge in [-0.05, 0) is 11.3 Å². The van der Waals surface area contributed by atoms with Crippen LogP contribution in [-0.4, -0.2) is 10.3 Å². The van der Waals surface area contributed by atoms with Gasteiger partial charge in [0.2, 0.25) is 6.23 Å². The van der Waals surface area contributed by atoms with Gasteiger partial charge in [-0.2, -0.15) is 0 Å². The van der Waals surface area contributed by atoms with Gasteiger partial charge in [0.1, 0.15) is 0 Å². The minimum Gasteiger partial charge on any atom is -0.366 e. The van der Waals surface area contributed by atoms with Crippen LogP contribution in [0.15, 0.2) is 34.6 Å². The molecule has 61 valence electrons. The molecular weight excluding hydrogens is 158 g/mol. The number of benzene rings is 1. The van der Waals surface area contributed by atoms with E-state index in [0.717, 1.165) is 0 Å². The molecule has 1 aliphatic heterocycles. The molecule has 12 heavy (non-hydrogen) atoms. The van der Waals surface area contributed by atoms with E-state index in [9.17, 15) is 10.3 Å². The number of hydrogen-bond donors (Lipinski definition) is 1. The van der Waals surface area contributed by atoms with Gasteiger partial charge in [-0.25, -0.2) is 0 Å². The molecule has 0 aromatic heterocycles. The number of aliphatic hydroxyl groups excluding tert-OH is 1. The zero-order chi connectivity index (χ0) is 8.55.